The van der Waals surface area contributed by atoms with Gasteiger partial charge in [0.1, 0.15) is 5.82 Å². The molecule has 156 valence electrons. The van der Waals surface area contributed by atoms with Crippen molar-refractivity contribution in [3.8, 4) is 5.69 Å². The lowest BCUT2D eigenvalue weighted by Gasteiger charge is -2.14. The largest absolute Gasteiger partial charge is 0.352 e. The minimum atomic E-state index is -0.825. The highest BCUT2D eigenvalue weighted by Crippen LogP contribution is 2.08. The molecule has 0 aliphatic heterocycles. The van der Waals surface area contributed by atoms with Crippen molar-refractivity contribution in [3.05, 3.63) is 92.0 Å². The minimum absolute atomic E-state index is 0.172. The first kappa shape index (κ1) is 21.2. The number of halogens is 1. The van der Waals surface area contributed by atoms with Crippen LogP contribution in [0.15, 0.2) is 58.1 Å². The van der Waals surface area contributed by atoms with Crippen molar-refractivity contribution >= 4 is 5.91 Å². The molecule has 1 aromatic heterocycles. The molecule has 8 heteroatoms. The lowest BCUT2D eigenvalue weighted by atomic mass is 10.2. The highest BCUT2D eigenvalue weighted by atomic mass is 19.1. The Bertz CT molecular complexity index is 1200. The molecule has 7 nitrogen and oxygen atoms in total. The summed E-state index contributed by atoms with van der Waals surface area (Å²) in [6.45, 7) is 5.37. The molecule has 0 aliphatic rings. The molecule has 3 rings (SSSR count). The molecular formula is C22H23FN4O3. The zero-order chi connectivity index (χ0) is 21.8. The summed E-state index contributed by atoms with van der Waals surface area (Å²) in [4.78, 5) is 38.7. The van der Waals surface area contributed by atoms with Crippen LogP contribution >= 0.6 is 0 Å². The Morgan fingerprint density at radius 3 is 2.57 bits per heavy atom. The average Bonchev–Trinajstić information content (AvgIpc) is 2.71. The lowest BCUT2D eigenvalue weighted by Crippen LogP contribution is -2.47. The molecule has 0 spiro atoms. The molecule has 0 radical (unpaired) electrons. The molecule has 3 aromatic rings. The van der Waals surface area contributed by atoms with Crippen LogP contribution < -0.4 is 16.6 Å². The number of carbonyl (C=O) groups excluding carboxylic acids is 1. The van der Waals surface area contributed by atoms with Crippen LogP contribution in [0.5, 0.6) is 0 Å². The summed E-state index contributed by atoms with van der Waals surface area (Å²) in [5.41, 5.74) is -0.207. The van der Waals surface area contributed by atoms with E-state index in [0.29, 0.717) is 17.7 Å². The summed E-state index contributed by atoms with van der Waals surface area (Å²) >= 11 is 0. The number of carbonyl (C=O) groups is 1. The third-order valence-electron chi connectivity index (χ3n) is 4.74. The number of rotatable bonds is 6. The van der Waals surface area contributed by atoms with E-state index in [0.717, 1.165) is 14.8 Å². The van der Waals surface area contributed by atoms with E-state index < -0.39 is 28.7 Å². The Morgan fingerprint density at radius 1 is 1.17 bits per heavy atom. The standard InChI is InChI=1S/C22H23FN4O3/c1-4-15(3)24-20(28)19-21(29)26(13-16-8-6-9-17(23)12-16)22(30)27(25-19)18-10-5-7-14(2)11-18/h5-12,15H,4,13H2,1-3H3,(H,24,28)/t15-/m1/s1. The summed E-state index contributed by atoms with van der Waals surface area (Å²) in [6, 6.07) is 12.4. The fourth-order valence-corrected chi connectivity index (χ4v) is 2.94. The summed E-state index contributed by atoms with van der Waals surface area (Å²) in [7, 11) is 0. The normalized spacial score (nSPS) is 11.9. The number of hydrogen-bond acceptors (Lipinski definition) is 4. The quantitative estimate of drug-likeness (QED) is 0.676. The van der Waals surface area contributed by atoms with Gasteiger partial charge >= 0.3 is 5.69 Å². The van der Waals surface area contributed by atoms with Crippen LogP contribution in [0.2, 0.25) is 0 Å². The maximum atomic E-state index is 13.6. The van der Waals surface area contributed by atoms with Gasteiger partial charge in [-0.1, -0.05) is 31.2 Å². The van der Waals surface area contributed by atoms with Crippen molar-refractivity contribution in [1.82, 2.24) is 19.7 Å². The first-order valence-electron chi connectivity index (χ1n) is 9.66. The highest BCUT2D eigenvalue weighted by molar-refractivity contribution is 5.91. The van der Waals surface area contributed by atoms with Crippen molar-refractivity contribution in [2.75, 3.05) is 0 Å². The van der Waals surface area contributed by atoms with Crippen molar-refractivity contribution in [2.45, 2.75) is 39.8 Å². The lowest BCUT2D eigenvalue weighted by molar-refractivity contribution is 0.0929. The zero-order valence-electron chi connectivity index (χ0n) is 17.1. The summed E-state index contributed by atoms with van der Waals surface area (Å²) in [5.74, 6) is -1.15. The SMILES string of the molecule is CC[C@@H](C)NC(=O)c1nn(-c2cccc(C)c2)c(=O)n(Cc2cccc(F)c2)c1=O. The van der Waals surface area contributed by atoms with E-state index in [1.165, 1.54) is 18.2 Å². The minimum Gasteiger partial charge on any atom is -0.348 e. The summed E-state index contributed by atoms with van der Waals surface area (Å²) in [5, 5.41) is 6.78. The molecule has 1 amide bonds. The molecule has 0 fully saturated rings. The maximum absolute atomic E-state index is 13.6. The maximum Gasteiger partial charge on any atom is 0.352 e. The van der Waals surface area contributed by atoms with Crippen LogP contribution in [-0.2, 0) is 6.54 Å². The monoisotopic (exact) mass is 410 g/mol. The predicted octanol–water partition coefficient (Wildman–Crippen LogP) is 2.42. The third-order valence-corrected chi connectivity index (χ3v) is 4.74. The zero-order valence-corrected chi connectivity index (χ0v) is 17.1. The van der Waals surface area contributed by atoms with E-state index in [-0.39, 0.29) is 12.6 Å². The second-order valence-corrected chi connectivity index (χ2v) is 7.19. The van der Waals surface area contributed by atoms with Gasteiger partial charge in [0, 0.05) is 6.04 Å². The van der Waals surface area contributed by atoms with Crippen LogP contribution in [-0.4, -0.2) is 26.3 Å². The van der Waals surface area contributed by atoms with Gasteiger partial charge in [-0.25, -0.2) is 9.18 Å². The molecule has 0 bridgehead atoms. The van der Waals surface area contributed by atoms with Crippen molar-refractivity contribution in [3.63, 3.8) is 0 Å². The molecule has 1 atom stereocenters. The number of benzene rings is 2. The van der Waals surface area contributed by atoms with Crippen LogP contribution in [0.3, 0.4) is 0 Å². The van der Waals surface area contributed by atoms with Crippen LogP contribution in [0.1, 0.15) is 41.9 Å². The number of aromatic nitrogens is 3. The van der Waals surface area contributed by atoms with Gasteiger partial charge in [0.2, 0.25) is 5.69 Å². The Labute approximate surface area is 172 Å². The number of aryl methyl sites for hydroxylation is 1. The van der Waals surface area contributed by atoms with Crippen LogP contribution in [0.4, 0.5) is 4.39 Å². The highest BCUT2D eigenvalue weighted by Gasteiger charge is 2.21. The van der Waals surface area contributed by atoms with Crippen LogP contribution in [0.25, 0.3) is 5.69 Å². The molecular weight excluding hydrogens is 387 g/mol. The third kappa shape index (κ3) is 4.53. The number of nitrogens with one attached hydrogen (secondary N) is 1. The first-order chi connectivity index (χ1) is 14.3. The van der Waals surface area contributed by atoms with Gasteiger partial charge < -0.3 is 5.32 Å². The van der Waals surface area contributed by atoms with E-state index in [2.05, 4.69) is 10.4 Å². The van der Waals surface area contributed by atoms with Gasteiger partial charge in [-0.2, -0.15) is 9.78 Å². The van der Waals surface area contributed by atoms with E-state index in [1.807, 2.05) is 19.9 Å². The van der Waals surface area contributed by atoms with Gasteiger partial charge in [0.15, 0.2) is 0 Å². The molecule has 0 saturated carbocycles. The molecule has 2 aromatic carbocycles. The van der Waals surface area contributed by atoms with Crippen LogP contribution in [0, 0.1) is 12.7 Å². The second-order valence-electron chi connectivity index (χ2n) is 7.19. The van der Waals surface area contributed by atoms with E-state index in [4.69, 9.17) is 0 Å². The number of hydrogen-bond donors (Lipinski definition) is 1. The molecule has 1 N–H and O–H groups in total. The van der Waals surface area contributed by atoms with E-state index in [9.17, 15) is 18.8 Å². The average molecular weight is 410 g/mol. The Hall–Kier alpha value is -3.55. The second kappa shape index (κ2) is 8.86. The van der Waals surface area contributed by atoms with Crippen molar-refractivity contribution < 1.29 is 9.18 Å². The number of amides is 1. The smallest absolute Gasteiger partial charge is 0.348 e. The van der Waals surface area contributed by atoms with E-state index in [1.54, 1.807) is 31.2 Å². The Morgan fingerprint density at radius 2 is 1.90 bits per heavy atom. The van der Waals surface area contributed by atoms with Crippen molar-refractivity contribution in [1.29, 1.82) is 0 Å². The fraction of sp³-hybridized carbons (Fsp3) is 0.273. The summed E-state index contributed by atoms with van der Waals surface area (Å²) < 4.78 is 15.5. The Balaban J connectivity index is 2.20. The van der Waals surface area contributed by atoms with E-state index >= 15 is 0 Å². The summed E-state index contributed by atoms with van der Waals surface area (Å²) in [6.07, 6.45) is 0.667. The van der Waals surface area contributed by atoms with Gasteiger partial charge in [-0.15, -0.1) is 0 Å². The molecule has 0 aliphatic carbocycles. The number of nitrogens with zero attached hydrogens (tertiary/aromatic N) is 3. The van der Waals surface area contributed by atoms with Gasteiger partial charge in [-0.05, 0) is 55.7 Å². The fourth-order valence-electron chi connectivity index (χ4n) is 2.94. The van der Waals surface area contributed by atoms with Gasteiger partial charge in [0.05, 0.1) is 12.2 Å². The molecule has 30 heavy (non-hydrogen) atoms. The first-order valence-corrected chi connectivity index (χ1v) is 9.66. The molecule has 1 heterocycles. The predicted molar refractivity (Wildman–Crippen MR) is 112 cm³/mol. The van der Waals surface area contributed by atoms with Gasteiger partial charge in [-0.3, -0.25) is 14.2 Å². The Kier molecular flexibility index (Phi) is 6.25. The van der Waals surface area contributed by atoms with Crippen molar-refractivity contribution in [2.24, 2.45) is 0 Å². The topological polar surface area (TPSA) is 86.0 Å². The van der Waals surface area contributed by atoms with Gasteiger partial charge in [0.25, 0.3) is 11.5 Å². The molecule has 0 unspecified atom stereocenters. The molecule has 0 saturated heterocycles.